The predicted octanol–water partition coefficient (Wildman–Crippen LogP) is 2.68. The summed E-state index contributed by atoms with van der Waals surface area (Å²) in [6, 6.07) is 10.5. The summed E-state index contributed by atoms with van der Waals surface area (Å²) in [5, 5.41) is 16.8. The number of aliphatic imine (C=N–C) groups is 1. The lowest BCUT2D eigenvalue weighted by Crippen LogP contribution is -2.48. The van der Waals surface area contributed by atoms with Gasteiger partial charge in [0.1, 0.15) is 17.7 Å². The number of hydrogen-bond acceptors (Lipinski definition) is 4. The Balaban J connectivity index is 1.52. The van der Waals surface area contributed by atoms with Crippen LogP contribution in [0.15, 0.2) is 52.1 Å². The van der Waals surface area contributed by atoms with E-state index in [1.165, 1.54) is 12.3 Å². The molecule has 1 fully saturated rings. The second-order valence-corrected chi connectivity index (χ2v) is 6.64. The quantitative estimate of drug-likeness (QED) is 0.536. The zero-order valence-electron chi connectivity index (χ0n) is 15.6. The Bertz CT molecular complexity index is 727. The Morgan fingerprint density at radius 3 is 2.81 bits per heavy atom. The fourth-order valence-electron chi connectivity index (χ4n) is 3.22. The van der Waals surface area contributed by atoms with Crippen LogP contribution in [0.3, 0.4) is 0 Å². The van der Waals surface area contributed by atoms with Crippen LogP contribution in [0.25, 0.3) is 0 Å². The number of hydrogen-bond donors (Lipinski definition) is 3. The lowest BCUT2D eigenvalue weighted by molar-refractivity contribution is 0.158. The van der Waals surface area contributed by atoms with Crippen LogP contribution in [0.1, 0.15) is 31.6 Å². The minimum Gasteiger partial charge on any atom is -0.467 e. The van der Waals surface area contributed by atoms with Crippen molar-refractivity contribution in [3.8, 4) is 0 Å². The maximum absolute atomic E-state index is 13.4. The van der Waals surface area contributed by atoms with Crippen LogP contribution in [0, 0.1) is 5.82 Å². The molecule has 2 heterocycles. The van der Waals surface area contributed by atoms with Crippen LogP contribution in [0.4, 0.5) is 10.1 Å². The van der Waals surface area contributed by atoms with Gasteiger partial charge in [-0.15, -0.1) is 0 Å². The lowest BCUT2D eigenvalue weighted by Gasteiger charge is -2.34. The molecule has 1 aromatic heterocycles. The van der Waals surface area contributed by atoms with E-state index < -0.39 is 6.10 Å². The molecule has 1 aliphatic rings. The molecule has 0 aliphatic carbocycles. The first-order chi connectivity index (χ1) is 13.2. The summed E-state index contributed by atoms with van der Waals surface area (Å²) in [6.45, 7) is 4.69. The van der Waals surface area contributed by atoms with Crippen LogP contribution in [0.2, 0.25) is 0 Å². The number of piperidine rings is 1. The normalized spacial score (nSPS) is 17.0. The molecular formula is C20H27FN4O2. The molecule has 6 nitrogen and oxygen atoms in total. The lowest BCUT2D eigenvalue weighted by atomic mass is 10.0. The topological polar surface area (TPSA) is 73.0 Å². The number of anilines is 1. The SMILES string of the molecule is CCNC(=NCC(O)c1ccco1)NC1CCN(c2cccc(F)c2)CC1. The van der Waals surface area contributed by atoms with Gasteiger partial charge in [0.2, 0.25) is 0 Å². The van der Waals surface area contributed by atoms with Crippen molar-refractivity contribution in [2.24, 2.45) is 4.99 Å². The molecule has 0 radical (unpaired) electrons. The summed E-state index contributed by atoms with van der Waals surface area (Å²) < 4.78 is 18.6. The van der Waals surface area contributed by atoms with E-state index in [0.717, 1.165) is 38.2 Å². The van der Waals surface area contributed by atoms with Gasteiger partial charge in [0.25, 0.3) is 0 Å². The first kappa shape index (κ1) is 19.2. The van der Waals surface area contributed by atoms with Crippen molar-refractivity contribution in [1.29, 1.82) is 0 Å². The van der Waals surface area contributed by atoms with Gasteiger partial charge >= 0.3 is 0 Å². The number of guanidine groups is 1. The molecule has 1 saturated heterocycles. The molecule has 27 heavy (non-hydrogen) atoms. The van der Waals surface area contributed by atoms with Gasteiger partial charge in [-0.2, -0.15) is 0 Å². The highest BCUT2D eigenvalue weighted by Gasteiger charge is 2.20. The van der Waals surface area contributed by atoms with Crippen molar-refractivity contribution < 1.29 is 13.9 Å². The standard InChI is InChI=1S/C20H27FN4O2/c1-2-22-20(23-14-18(26)19-7-4-12-27-19)24-16-8-10-25(11-9-16)17-6-3-5-15(21)13-17/h3-7,12-13,16,18,26H,2,8-11,14H2,1H3,(H2,22,23,24). The first-order valence-electron chi connectivity index (χ1n) is 9.42. The minimum absolute atomic E-state index is 0.204. The Hall–Kier alpha value is -2.54. The van der Waals surface area contributed by atoms with Crippen molar-refractivity contribution in [1.82, 2.24) is 10.6 Å². The summed E-state index contributed by atoms with van der Waals surface area (Å²) in [6.07, 6.45) is 2.65. The first-order valence-corrected chi connectivity index (χ1v) is 9.42. The highest BCUT2D eigenvalue weighted by atomic mass is 19.1. The number of benzene rings is 1. The number of nitrogens with zero attached hydrogens (tertiary/aromatic N) is 2. The van der Waals surface area contributed by atoms with E-state index in [1.54, 1.807) is 24.3 Å². The number of rotatable bonds is 6. The van der Waals surface area contributed by atoms with Crippen molar-refractivity contribution >= 4 is 11.6 Å². The molecule has 0 saturated carbocycles. The highest BCUT2D eigenvalue weighted by Crippen LogP contribution is 2.20. The number of nitrogens with one attached hydrogen (secondary N) is 2. The third-order valence-corrected chi connectivity index (χ3v) is 4.65. The molecule has 0 amide bonds. The largest absolute Gasteiger partial charge is 0.467 e. The van der Waals surface area contributed by atoms with Crippen molar-refractivity contribution in [3.63, 3.8) is 0 Å². The fourth-order valence-corrected chi connectivity index (χ4v) is 3.22. The van der Waals surface area contributed by atoms with E-state index in [-0.39, 0.29) is 18.4 Å². The van der Waals surface area contributed by atoms with Crippen molar-refractivity contribution in [3.05, 3.63) is 54.2 Å². The van der Waals surface area contributed by atoms with E-state index in [1.807, 2.05) is 13.0 Å². The van der Waals surface area contributed by atoms with Gasteiger partial charge < -0.3 is 25.1 Å². The monoisotopic (exact) mass is 374 g/mol. The molecule has 3 rings (SSSR count). The molecule has 1 aromatic carbocycles. The molecule has 1 unspecified atom stereocenters. The Morgan fingerprint density at radius 1 is 1.33 bits per heavy atom. The van der Waals surface area contributed by atoms with E-state index in [9.17, 15) is 9.50 Å². The van der Waals surface area contributed by atoms with E-state index in [0.29, 0.717) is 11.7 Å². The second-order valence-electron chi connectivity index (χ2n) is 6.64. The molecule has 1 atom stereocenters. The predicted molar refractivity (Wildman–Crippen MR) is 104 cm³/mol. The molecular weight excluding hydrogens is 347 g/mol. The van der Waals surface area contributed by atoms with E-state index in [2.05, 4.69) is 20.5 Å². The van der Waals surface area contributed by atoms with Crippen LogP contribution in [0.5, 0.6) is 0 Å². The van der Waals surface area contributed by atoms with Gasteiger partial charge in [0.05, 0.1) is 12.8 Å². The molecule has 0 spiro atoms. The van der Waals surface area contributed by atoms with Crippen LogP contribution < -0.4 is 15.5 Å². The third kappa shape index (κ3) is 5.47. The van der Waals surface area contributed by atoms with Gasteiger partial charge in [-0.1, -0.05) is 6.07 Å². The van der Waals surface area contributed by atoms with E-state index >= 15 is 0 Å². The summed E-state index contributed by atoms with van der Waals surface area (Å²) >= 11 is 0. The minimum atomic E-state index is -0.759. The zero-order valence-corrected chi connectivity index (χ0v) is 15.6. The van der Waals surface area contributed by atoms with Gasteiger partial charge in [-0.25, -0.2) is 4.39 Å². The number of aliphatic hydroxyl groups excluding tert-OH is 1. The summed E-state index contributed by atoms with van der Waals surface area (Å²) in [5.41, 5.74) is 0.926. The molecule has 146 valence electrons. The summed E-state index contributed by atoms with van der Waals surface area (Å²) in [5.74, 6) is 0.995. The number of furan rings is 1. The molecule has 2 aromatic rings. The summed E-state index contributed by atoms with van der Waals surface area (Å²) in [4.78, 5) is 6.67. The van der Waals surface area contributed by atoms with Crippen molar-refractivity contribution in [2.45, 2.75) is 31.9 Å². The van der Waals surface area contributed by atoms with Gasteiger partial charge in [-0.3, -0.25) is 4.99 Å². The maximum Gasteiger partial charge on any atom is 0.191 e. The van der Waals surface area contributed by atoms with Crippen molar-refractivity contribution in [2.75, 3.05) is 31.1 Å². The highest BCUT2D eigenvalue weighted by molar-refractivity contribution is 5.80. The fraction of sp³-hybridized carbons (Fsp3) is 0.450. The van der Waals surface area contributed by atoms with Crippen LogP contribution >= 0.6 is 0 Å². The van der Waals surface area contributed by atoms with Crippen LogP contribution in [-0.4, -0.2) is 43.3 Å². The zero-order chi connectivity index (χ0) is 19.1. The molecule has 7 heteroatoms. The van der Waals surface area contributed by atoms with Gasteiger partial charge in [-0.05, 0) is 50.1 Å². The summed E-state index contributed by atoms with van der Waals surface area (Å²) in [7, 11) is 0. The molecule has 3 N–H and O–H groups in total. The van der Waals surface area contributed by atoms with Crippen LogP contribution in [-0.2, 0) is 0 Å². The van der Waals surface area contributed by atoms with E-state index in [4.69, 9.17) is 4.42 Å². The average molecular weight is 374 g/mol. The Morgan fingerprint density at radius 2 is 2.15 bits per heavy atom. The Kier molecular flexibility index (Phi) is 6.70. The van der Waals surface area contributed by atoms with Gasteiger partial charge in [0.15, 0.2) is 5.96 Å². The average Bonchev–Trinajstić information content (AvgIpc) is 3.21. The second kappa shape index (κ2) is 9.41. The number of aliphatic hydroxyl groups is 1. The smallest absolute Gasteiger partial charge is 0.191 e. The number of halogens is 1. The third-order valence-electron chi connectivity index (χ3n) is 4.65. The maximum atomic E-state index is 13.4. The molecule has 0 bridgehead atoms. The molecule has 1 aliphatic heterocycles. The Labute approximate surface area is 159 Å². The van der Waals surface area contributed by atoms with Gasteiger partial charge in [0, 0.05) is 31.4 Å².